The van der Waals surface area contributed by atoms with Crippen molar-refractivity contribution in [2.75, 3.05) is 31.9 Å². The zero-order valence-corrected chi connectivity index (χ0v) is 22.3. The van der Waals surface area contributed by atoms with Crippen molar-refractivity contribution in [1.29, 1.82) is 0 Å². The highest BCUT2D eigenvalue weighted by molar-refractivity contribution is 5.96. The van der Waals surface area contributed by atoms with Crippen LogP contribution in [0.1, 0.15) is 49.1 Å². The molecule has 0 saturated carbocycles. The molecule has 0 radical (unpaired) electrons. The van der Waals surface area contributed by atoms with Crippen molar-refractivity contribution < 1.29 is 19.4 Å². The van der Waals surface area contributed by atoms with E-state index >= 15 is 0 Å². The molecule has 1 aliphatic heterocycles. The van der Waals surface area contributed by atoms with Gasteiger partial charge in [-0.3, -0.25) is 19.3 Å². The second-order valence-corrected chi connectivity index (χ2v) is 9.70. The number of nitrogens with zero attached hydrogens (tertiary/aromatic N) is 3. The molecule has 40 heavy (non-hydrogen) atoms. The predicted molar refractivity (Wildman–Crippen MR) is 152 cm³/mol. The number of ether oxygens (including phenoxy) is 1. The molecule has 2 heterocycles. The highest BCUT2D eigenvalue weighted by atomic mass is 16.5. The molecule has 1 aliphatic rings. The Morgan fingerprint density at radius 3 is 2.00 bits per heavy atom. The Morgan fingerprint density at radius 1 is 0.875 bits per heavy atom. The van der Waals surface area contributed by atoms with E-state index in [1.165, 1.54) is 6.20 Å². The molecule has 0 aliphatic carbocycles. The first-order valence-electron chi connectivity index (χ1n) is 13.2. The molecule has 8 heteroatoms. The number of carboxylic acids is 1. The highest BCUT2D eigenvalue weighted by Gasteiger charge is 2.37. The van der Waals surface area contributed by atoms with Crippen molar-refractivity contribution in [3.8, 4) is 0 Å². The molecule has 0 bridgehead atoms. The number of methoxy groups -OCH3 is 1. The lowest BCUT2D eigenvalue weighted by Crippen LogP contribution is -2.57. The molecular weight excluding hydrogens is 506 g/mol. The van der Waals surface area contributed by atoms with Crippen molar-refractivity contribution in [2.24, 2.45) is 0 Å². The molecule has 3 aromatic carbocycles. The number of pyridine rings is 1. The maximum Gasteiger partial charge on any atom is 0.341 e. The number of hydrogen-bond acceptors (Lipinski definition) is 5. The standard InChI is InChI=1S/C32H31N3O5/c1-40-20-19-33-22-35(28(24-13-7-3-8-14-24)25-15-9-4-10-16-25)34-21-27(32(38)39)30(36)26(29(34)31(33)37)18-17-23-11-5-2-6-12-23/h2-16,21,28H,17-20,22H2,1H3,(H,38,39). The van der Waals surface area contributed by atoms with E-state index in [0.29, 0.717) is 19.6 Å². The molecule has 0 fully saturated rings. The van der Waals surface area contributed by atoms with Crippen LogP contribution >= 0.6 is 0 Å². The number of benzene rings is 3. The average molecular weight is 538 g/mol. The van der Waals surface area contributed by atoms with Gasteiger partial charge in [0.2, 0.25) is 0 Å². The van der Waals surface area contributed by atoms with Crippen molar-refractivity contribution in [3.05, 3.63) is 141 Å². The van der Waals surface area contributed by atoms with Gasteiger partial charge in [0.15, 0.2) is 5.43 Å². The normalized spacial score (nSPS) is 13.0. The van der Waals surface area contributed by atoms with E-state index in [9.17, 15) is 19.5 Å². The summed E-state index contributed by atoms with van der Waals surface area (Å²) in [5.74, 6) is -1.66. The fourth-order valence-electron chi connectivity index (χ4n) is 5.23. The minimum Gasteiger partial charge on any atom is -0.477 e. The van der Waals surface area contributed by atoms with Gasteiger partial charge in [0.05, 0.1) is 12.6 Å². The van der Waals surface area contributed by atoms with Crippen molar-refractivity contribution in [2.45, 2.75) is 18.9 Å². The SMILES string of the molecule is COCCN1CN(C(c2ccccc2)c2ccccc2)n2cc(C(=O)O)c(=O)c(CCc3ccccc3)c2C1=O. The van der Waals surface area contributed by atoms with Gasteiger partial charge >= 0.3 is 5.97 Å². The number of aryl methyl sites for hydroxylation is 1. The third-order valence-electron chi connectivity index (χ3n) is 7.20. The number of amides is 1. The van der Waals surface area contributed by atoms with Gasteiger partial charge in [-0.15, -0.1) is 0 Å². The number of carboxylic acid groups (broad SMARTS) is 1. The van der Waals surface area contributed by atoms with Gasteiger partial charge in [0.25, 0.3) is 5.91 Å². The topological polar surface area (TPSA) is 92.1 Å². The van der Waals surface area contributed by atoms with E-state index < -0.39 is 11.4 Å². The van der Waals surface area contributed by atoms with E-state index in [1.807, 2.05) is 96.0 Å². The number of carbonyl (C=O) groups is 2. The van der Waals surface area contributed by atoms with Crippen LogP contribution in [0.4, 0.5) is 0 Å². The molecule has 0 atom stereocenters. The van der Waals surface area contributed by atoms with Gasteiger partial charge in [-0.1, -0.05) is 91.0 Å². The lowest BCUT2D eigenvalue weighted by atomic mass is 9.97. The van der Waals surface area contributed by atoms with Crippen LogP contribution in [0.3, 0.4) is 0 Å². The molecule has 4 aromatic rings. The van der Waals surface area contributed by atoms with Gasteiger partial charge in [-0.2, -0.15) is 0 Å². The summed E-state index contributed by atoms with van der Waals surface area (Å²) in [6.45, 7) is 0.802. The van der Waals surface area contributed by atoms with E-state index in [1.54, 1.807) is 16.7 Å². The van der Waals surface area contributed by atoms with Crippen LogP contribution in [-0.2, 0) is 17.6 Å². The average Bonchev–Trinajstić information content (AvgIpc) is 2.98. The summed E-state index contributed by atoms with van der Waals surface area (Å²) >= 11 is 0. The van der Waals surface area contributed by atoms with Gasteiger partial charge in [-0.05, 0) is 29.5 Å². The summed E-state index contributed by atoms with van der Waals surface area (Å²) in [7, 11) is 1.58. The molecule has 204 valence electrons. The number of hydrogen-bond donors (Lipinski definition) is 1. The number of aromatic carboxylic acids is 1. The second kappa shape index (κ2) is 12.0. The molecule has 8 nitrogen and oxygen atoms in total. The number of fused-ring (bicyclic) bond motifs is 1. The van der Waals surface area contributed by atoms with Gasteiger partial charge < -0.3 is 14.7 Å². The molecular formula is C32H31N3O5. The number of rotatable bonds is 10. The Hall–Kier alpha value is -4.69. The molecule has 0 saturated heterocycles. The summed E-state index contributed by atoms with van der Waals surface area (Å²) in [6, 6.07) is 28.9. The first-order valence-corrected chi connectivity index (χ1v) is 13.2. The largest absolute Gasteiger partial charge is 0.477 e. The minimum atomic E-state index is -1.33. The third kappa shape index (κ3) is 5.39. The summed E-state index contributed by atoms with van der Waals surface area (Å²) in [5.41, 5.74) is 2.29. The molecule has 0 unspecified atom stereocenters. The number of carbonyl (C=O) groups excluding carboxylic acids is 1. The summed E-state index contributed by atoms with van der Waals surface area (Å²) in [4.78, 5) is 41.5. The molecule has 1 N–H and O–H groups in total. The van der Waals surface area contributed by atoms with Crippen LogP contribution in [-0.4, -0.2) is 53.5 Å². The van der Waals surface area contributed by atoms with E-state index in [2.05, 4.69) is 0 Å². The van der Waals surface area contributed by atoms with Crippen molar-refractivity contribution in [3.63, 3.8) is 0 Å². The zero-order chi connectivity index (χ0) is 28.1. The van der Waals surface area contributed by atoms with Crippen LogP contribution in [0.15, 0.2) is 102 Å². The first kappa shape index (κ1) is 26.9. The lowest BCUT2D eigenvalue weighted by Gasteiger charge is -2.44. The van der Waals surface area contributed by atoms with Crippen LogP contribution in [0.25, 0.3) is 0 Å². The molecule has 0 spiro atoms. The highest BCUT2D eigenvalue weighted by Crippen LogP contribution is 2.31. The molecule has 1 amide bonds. The maximum absolute atomic E-state index is 14.0. The molecule has 5 rings (SSSR count). The quantitative estimate of drug-likeness (QED) is 0.327. The summed E-state index contributed by atoms with van der Waals surface area (Å²) in [5, 5.41) is 12.0. The summed E-state index contributed by atoms with van der Waals surface area (Å²) < 4.78 is 6.90. The monoisotopic (exact) mass is 537 g/mol. The third-order valence-corrected chi connectivity index (χ3v) is 7.20. The predicted octanol–water partition coefficient (Wildman–Crippen LogP) is 4.12. The Labute approximate surface area is 232 Å². The van der Waals surface area contributed by atoms with Crippen molar-refractivity contribution >= 4 is 11.9 Å². The van der Waals surface area contributed by atoms with Crippen molar-refractivity contribution in [1.82, 2.24) is 9.58 Å². The minimum absolute atomic E-state index is 0.170. The van der Waals surface area contributed by atoms with E-state index in [4.69, 9.17) is 4.74 Å². The fourth-order valence-corrected chi connectivity index (χ4v) is 5.23. The fraction of sp³-hybridized carbons (Fsp3) is 0.219. The Morgan fingerprint density at radius 2 is 1.45 bits per heavy atom. The van der Waals surface area contributed by atoms with Crippen LogP contribution in [0.5, 0.6) is 0 Å². The smallest absolute Gasteiger partial charge is 0.341 e. The Bertz CT molecular complexity index is 1500. The van der Waals surface area contributed by atoms with Crippen LogP contribution < -0.4 is 10.4 Å². The second-order valence-electron chi connectivity index (χ2n) is 9.70. The first-order chi connectivity index (χ1) is 19.5. The van der Waals surface area contributed by atoms with Gasteiger partial charge in [0.1, 0.15) is 17.9 Å². The van der Waals surface area contributed by atoms with Crippen LogP contribution in [0.2, 0.25) is 0 Å². The van der Waals surface area contributed by atoms with Gasteiger partial charge in [-0.25, -0.2) is 4.79 Å². The summed E-state index contributed by atoms with van der Waals surface area (Å²) in [6.07, 6.45) is 2.01. The van der Waals surface area contributed by atoms with E-state index in [-0.39, 0.29) is 41.9 Å². The number of aromatic nitrogens is 1. The Balaban J connectivity index is 1.73. The lowest BCUT2D eigenvalue weighted by molar-refractivity contribution is 0.0611. The van der Waals surface area contributed by atoms with Gasteiger partial charge in [0, 0.05) is 25.4 Å². The zero-order valence-electron chi connectivity index (χ0n) is 22.3. The Kier molecular flexibility index (Phi) is 8.07. The van der Waals surface area contributed by atoms with E-state index in [0.717, 1.165) is 16.7 Å². The maximum atomic E-state index is 14.0. The van der Waals surface area contributed by atoms with Crippen LogP contribution in [0, 0.1) is 0 Å². The molecule has 1 aromatic heterocycles.